The lowest BCUT2D eigenvalue weighted by atomic mass is 10.2. The van der Waals surface area contributed by atoms with Gasteiger partial charge in [-0.25, -0.2) is 13.2 Å². The van der Waals surface area contributed by atoms with Crippen molar-refractivity contribution in [2.75, 3.05) is 18.0 Å². The molecule has 9 heteroatoms. The molecule has 0 aliphatic heterocycles. The van der Waals surface area contributed by atoms with Crippen LogP contribution in [0.25, 0.3) is 0 Å². The molecule has 3 rings (SSSR count). The van der Waals surface area contributed by atoms with Gasteiger partial charge < -0.3 is 10.1 Å². The minimum Gasteiger partial charge on any atom is -0.452 e. The zero-order chi connectivity index (χ0) is 21.6. The van der Waals surface area contributed by atoms with Gasteiger partial charge in [0.1, 0.15) is 0 Å². The Kier molecular flexibility index (Phi) is 6.86. The Bertz CT molecular complexity index is 1110. The van der Waals surface area contributed by atoms with Crippen LogP contribution in [0.4, 0.5) is 5.69 Å². The van der Waals surface area contributed by atoms with E-state index in [0.717, 1.165) is 9.18 Å². The number of sulfonamides is 1. The standard InChI is InChI=1S/C21H20N2O5S2/c1-23(17-8-3-2-4-9-17)30(26,27)19-11-5-7-16(13-19)21(25)28-15-20(24)22-14-18-10-6-12-29-18/h2-13H,14-15H2,1H3,(H,22,24). The van der Waals surface area contributed by atoms with Gasteiger partial charge in [-0.15, -0.1) is 11.3 Å². The molecule has 0 radical (unpaired) electrons. The third kappa shape index (κ3) is 5.25. The van der Waals surface area contributed by atoms with E-state index in [-0.39, 0.29) is 10.5 Å². The number of anilines is 1. The first-order chi connectivity index (χ1) is 14.4. The van der Waals surface area contributed by atoms with E-state index in [0.29, 0.717) is 12.2 Å². The Hall–Kier alpha value is -3.17. The summed E-state index contributed by atoms with van der Waals surface area (Å²) in [6, 6.07) is 17.9. The second-order valence-corrected chi connectivity index (χ2v) is 9.27. The van der Waals surface area contributed by atoms with Crippen molar-refractivity contribution >= 4 is 38.9 Å². The third-order valence-corrected chi connectivity index (χ3v) is 6.88. The molecule has 0 saturated heterocycles. The fourth-order valence-electron chi connectivity index (χ4n) is 2.58. The summed E-state index contributed by atoms with van der Waals surface area (Å²) in [4.78, 5) is 25.1. The average molecular weight is 445 g/mol. The first-order valence-electron chi connectivity index (χ1n) is 8.98. The smallest absolute Gasteiger partial charge is 0.338 e. The molecule has 1 N–H and O–H groups in total. The summed E-state index contributed by atoms with van der Waals surface area (Å²) in [5.74, 6) is -1.22. The summed E-state index contributed by atoms with van der Waals surface area (Å²) in [5, 5.41) is 4.55. The SMILES string of the molecule is CN(c1ccccc1)S(=O)(=O)c1cccc(C(=O)OCC(=O)NCc2cccs2)c1. The molecule has 156 valence electrons. The number of hydrogen-bond donors (Lipinski definition) is 1. The molecule has 1 aromatic heterocycles. The highest BCUT2D eigenvalue weighted by atomic mass is 32.2. The van der Waals surface area contributed by atoms with Gasteiger partial charge in [0.15, 0.2) is 6.61 Å². The van der Waals surface area contributed by atoms with Crippen molar-refractivity contribution < 1.29 is 22.7 Å². The van der Waals surface area contributed by atoms with Crippen LogP contribution < -0.4 is 9.62 Å². The van der Waals surface area contributed by atoms with Crippen molar-refractivity contribution in [2.45, 2.75) is 11.4 Å². The van der Waals surface area contributed by atoms with E-state index in [1.165, 1.54) is 42.6 Å². The number of benzene rings is 2. The van der Waals surface area contributed by atoms with Crippen molar-refractivity contribution in [3.8, 4) is 0 Å². The molecule has 0 unspecified atom stereocenters. The van der Waals surface area contributed by atoms with Crippen LogP contribution in [0.5, 0.6) is 0 Å². The van der Waals surface area contributed by atoms with Gasteiger partial charge in [0.25, 0.3) is 15.9 Å². The first kappa shape index (κ1) is 21.5. The number of thiophene rings is 1. The van der Waals surface area contributed by atoms with Crippen LogP contribution >= 0.6 is 11.3 Å². The van der Waals surface area contributed by atoms with Crippen LogP contribution in [-0.2, 0) is 26.1 Å². The molecule has 0 bridgehead atoms. The quantitative estimate of drug-likeness (QED) is 0.539. The number of ether oxygens (including phenoxy) is 1. The predicted molar refractivity (Wildman–Crippen MR) is 115 cm³/mol. The summed E-state index contributed by atoms with van der Waals surface area (Å²) in [6.45, 7) is -0.0985. The molecular formula is C21H20N2O5S2. The largest absolute Gasteiger partial charge is 0.452 e. The highest BCUT2D eigenvalue weighted by Gasteiger charge is 2.22. The lowest BCUT2D eigenvalue weighted by Crippen LogP contribution is -2.28. The molecular weight excluding hydrogens is 424 g/mol. The van der Waals surface area contributed by atoms with E-state index in [9.17, 15) is 18.0 Å². The first-order valence-corrected chi connectivity index (χ1v) is 11.3. The fourth-order valence-corrected chi connectivity index (χ4v) is 4.47. The van der Waals surface area contributed by atoms with Crippen molar-refractivity contribution in [3.63, 3.8) is 0 Å². The van der Waals surface area contributed by atoms with Gasteiger partial charge >= 0.3 is 5.97 Å². The molecule has 0 saturated carbocycles. The molecule has 2 aromatic carbocycles. The van der Waals surface area contributed by atoms with Gasteiger partial charge in [-0.3, -0.25) is 9.10 Å². The van der Waals surface area contributed by atoms with Gasteiger partial charge in [0.2, 0.25) is 0 Å². The van der Waals surface area contributed by atoms with Gasteiger partial charge in [-0.1, -0.05) is 30.3 Å². The number of amides is 1. The van der Waals surface area contributed by atoms with Gasteiger partial charge in [0, 0.05) is 11.9 Å². The highest BCUT2D eigenvalue weighted by molar-refractivity contribution is 7.92. The van der Waals surface area contributed by atoms with Gasteiger partial charge in [0.05, 0.1) is 22.7 Å². The zero-order valence-electron chi connectivity index (χ0n) is 16.1. The van der Waals surface area contributed by atoms with Crippen LogP contribution in [0.1, 0.15) is 15.2 Å². The molecule has 30 heavy (non-hydrogen) atoms. The average Bonchev–Trinajstić information content (AvgIpc) is 3.30. The number of hydrogen-bond acceptors (Lipinski definition) is 6. The Morgan fingerprint density at radius 3 is 2.50 bits per heavy atom. The minimum atomic E-state index is -3.87. The summed E-state index contributed by atoms with van der Waals surface area (Å²) < 4.78 is 31.9. The summed E-state index contributed by atoms with van der Waals surface area (Å²) in [6.07, 6.45) is 0. The maximum Gasteiger partial charge on any atom is 0.338 e. The fraction of sp³-hybridized carbons (Fsp3) is 0.143. The molecule has 0 spiro atoms. The van der Waals surface area contributed by atoms with Crippen molar-refractivity contribution in [1.82, 2.24) is 5.32 Å². The monoisotopic (exact) mass is 444 g/mol. The molecule has 7 nitrogen and oxygen atoms in total. The van der Waals surface area contributed by atoms with Crippen LogP contribution in [0, 0.1) is 0 Å². The normalized spacial score (nSPS) is 11.0. The minimum absolute atomic E-state index is 0.0450. The maximum atomic E-state index is 12.9. The highest BCUT2D eigenvalue weighted by Crippen LogP contribution is 2.22. The Morgan fingerprint density at radius 1 is 1.03 bits per heavy atom. The number of nitrogens with one attached hydrogen (secondary N) is 1. The van der Waals surface area contributed by atoms with Crippen LogP contribution in [0.2, 0.25) is 0 Å². The van der Waals surface area contributed by atoms with E-state index in [4.69, 9.17) is 4.74 Å². The van der Waals surface area contributed by atoms with Crippen LogP contribution in [-0.4, -0.2) is 33.9 Å². The van der Waals surface area contributed by atoms with Gasteiger partial charge in [-0.05, 0) is 41.8 Å². The molecule has 1 amide bonds. The predicted octanol–water partition coefficient (Wildman–Crippen LogP) is 3.05. The van der Waals surface area contributed by atoms with E-state index in [1.54, 1.807) is 30.3 Å². The lowest BCUT2D eigenvalue weighted by Gasteiger charge is -2.19. The van der Waals surface area contributed by atoms with E-state index in [2.05, 4.69) is 5.32 Å². The second-order valence-electron chi connectivity index (χ2n) is 6.27. The number of carbonyl (C=O) groups is 2. The molecule has 0 aliphatic rings. The summed E-state index contributed by atoms with van der Waals surface area (Å²) in [5.41, 5.74) is 0.538. The third-order valence-electron chi connectivity index (χ3n) is 4.22. The maximum absolute atomic E-state index is 12.9. The zero-order valence-corrected chi connectivity index (χ0v) is 17.8. The number of nitrogens with zero attached hydrogens (tertiary/aromatic N) is 1. The molecule has 3 aromatic rings. The van der Waals surface area contributed by atoms with Crippen molar-refractivity contribution in [1.29, 1.82) is 0 Å². The van der Waals surface area contributed by atoms with E-state index < -0.39 is 28.5 Å². The van der Waals surface area contributed by atoms with E-state index >= 15 is 0 Å². The number of para-hydroxylation sites is 1. The van der Waals surface area contributed by atoms with Crippen molar-refractivity contribution in [3.05, 3.63) is 82.6 Å². The second kappa shape index (κ2) is 9.55. The Morgan fingerprint density at radius 2 is 1.80 bits per heavy atom. The topological polar surface area (TPSA) is 92.8 Å². The number of rotatable bonds is 8. The molecule has 0 aliphatic carbocycles. The molecule has 0 fully saturated rings. The lowest BCUT2D eigenvalue weighted by molar-refractivity contribution is -0.124. The number of carbonyl (C=O) groups excluding carboxylic acids is 2. The molecule has 0 atom stereocenters. The van der Waals surface area contributed by atoms with E-state index in [1.807, 2.05) is 17.5 Å². The number of esters is 1. The molecule has 1 heterocycles. The Balaban J connectivity index is 1.64. The summed E-state index contributed by atoms with van der Waals surface area (Å²) >= 11 is 1.51. The van der Waals surface area contributed by atoms with Crippen LogP contribution in [0.15, 0.2) is 77.0 Å². The Labute approximate surface area is 179 Å². The summed E-state index contributed by atoms with van der Waals surface area (Å²) in [7, 11) is -2.43. The van der Waals surface area contributed by atoms with Gasteiger partial charge in [-0.2, -0.15) is 0 Å². The van der Waals surface area contributed by atoms with Crippen molar-refractivity contribution in [2.24, 2.45) is 0 Å². The van der Waals surface area contributed by atoms with Crippen LogP contribution in [0.3, 0.4) is 0 Å².